The van der Waals surface area contributed by atoms with Crippen LogP contribution >= 0.6 is 0 Å². The van der Waals surface area contributed by atoms with Gasteiger partial charge in [0.15, 0.2) is 0 Å². The summed E-state index contributed by atoms with van der Waals surface area (Å²) < 4.78 is 11.8. The van der Waals surface area contributed by atoms with Crippen LogP contribution in [-0.2, 0) is 4.74 Å². The van der Waals surface area contributed by atoms with E-state index in [1.54, 1.807) is 7.11 Å². The highest BCUT2D eigenvalue weighted by atomic mass is 16.5. The summed E-state index contributed by atoms with van der Waals surface area (Å²) >= 11 is 0. The van der Waals surface area contributed by atoms with E-state index >= 15 is 0 Å². The van der Waals surface area contributed by atoms with Crippen molar-refractivity contribution in [2.45, 2.75) is 58.7 Å². The number of anilines is 1. The topological polar surface area (TPSA) is 45.2 Å². The van der Waals surface area contributed by atoms with E-state index in [1.165, 1.54) is 19.3 Å². The number of hydrogen-bond donors (Lipinski definition) is 1. The number of nitrogens with zero attached hydrogens (tertiary/aromatic N) is 2. The second-order valence-electron chi connectivity index (χ2n) is 10.4. The molecule has 2 saturated carbocycles. The fraction of sp³-hybridized carbons (Fsp3) is 0.760. The SMILES string of the molecule is COc1ccccc1N1CCN(C[C@@H](O)CCO[C@@H]2C[C@H]3CC[C@@]2(C)C3(C)C)CC1. The molecule has 3 fully saturated rings. The first-order valence-electron chi connectivity index (χ1n) is 11.7. The molecule has 1 heterocycles. The van der Waals surface area contributed by atoms with Crippen LogP contribution in [-0.4, -0.2) is 68.7 Å². The zero-order valence-corrected chi connectivity index (χ0v) is 19.3. The van der Waals surface area contributed by atoms with Gasteiger partial charge in [-0.3, -0.25) is 4.90 Å². The number of aliphatic hydroxyl groups excluding tert-OH is 1. The number of para-hydroxylation sites is 2. The first-order chi connectivity index (χ1) is 14.3. The lowest BCUT2D eigenvalue weighted by molar-refractivity contribution is -0.0564. The van der Waals surface area contributed by atoms with Crippen molar-refractivity contribution < 1.29 is 14.6 Å². The number of piperazine rings is 1. The summed E-state index contributed by atoms with van der Waals surface area (Å²) in [5.41, 5.74) is 1.85. The fourth-order valence-corrected chi connectivity index (χ4v) is 6.18. The van der Waals surface area contributed by atoms with Gasteiger partial charge in [-0.2, -0.15) is 0 Å². The van der Waals surface area contributed by atoms with Crippen molar-refractivity contribution in [1.82, 2.24) is 4.90 Å². The lowest BCUT2D eigenvalue weighted by Gasteiger charge is -2.39. The Morgan fingerprint density at radius 3 is 2.50 bits per heavy atom. The molecular formula is C25H40N2O3. The van der Waals surface area contributed by atoms with E-state index in [9.17, 15) is 5.11 Å². The minimum Gasteiger partial charge on any atom is -0.495 e. The van der Waals surface area contributed by atoms with Crippen molar-refractivity contribution in [1.29, 1.82) is 0 Å². The Labute approximate surface area is 182 Å². The van der Waals surface area contributed by atoms with Gasteiger partial charge in [-0.05, 0) is 54.6 Å². The normalized spacial score (nSPS) is 31.8. The van der Waals surface area contributed by atoms with Crippen LogP contribution in [0.1, 0.15) is 46.5 Å². The summed E-state index contributed by atoms with van der Waals surface area (Å²) in [6.45, 7) is 12.5. The Kier molecular flexibility index (Phi) is 6.34. The number of β-amino-alcohol motifs (C(OH)–C–C–N with tert-alkyl or cyclic N) is 1. The van der Waals surface area contributed by atoms with E-state index < -0.39 is 0 Å². The van der Waals surface area contributed by atoms with Gasteiger partial charge in [0.05, 0.1) is 25.0 Å². The summed E-state index contributed by atoms with van der Waals surface area (Å²) in [6.07, 6.45) is 4.61. The number of methoxy groups -OCH3 is 1. The lowest BCUT2D eigenvalue weighted by atomic mass is 9.70. The van der Waals surface area contributed by atoms with Crippen molar-refractivity contribution in [3.05, 3.63) is 24.3 Å². The summed E-state index contributed by atoms with van der Waals surface area (Å²) in [5, 5.41) is 10.6. The highest BCUT2D eigenvalue weighted by Gasteiger charge is 2.61. The van der Waals surface area contributed by atoms with Gasteiger partial charge in [-0.25, -0.2) is 0 Å². The first kappa shape index (κ1) is 21.9. The average Bonchev–Trinajstić information content (AvgIpc) is 3.08. The smallest absolute Gasteiger partial charge is 0.142 e. The third kappa shape index (κ3) is 3.96. The second kappa shape index (κ2) is 8.68. The third-order valence-electron chi connectivity index (χ3n) is 8.75. The molecule has 0 radical (unpaired) electrons. The standard InChI is InChI=1S/C25H40N2O3/c1-24(2)19-9-11-25(24,3)23(17-19)30-16-10-20(28)18-26-12-14-27(15-13-26)21-7-5-6-8-22(21)29-4/h5-8,19-20,23,28H,9-18H2,1-4H3/t19-,20+,23-,25-/m1/s1. The molecule has 5 heteroatoms. The third-order valence-corrected chi connectivity index (χ3v) is 8.75. The van der Waals surface area contributed by atoms with E-state index in [0.717, 1.165) is 56.5 Å². The van der Waals surface area contributed by atoms with Gasteiger partial charge in [-0.1, -0.05) is 32.9 Å². The van der Waals surface area contributed by atoms with E-state index in [4.69, 9.17) is 9.47 Å². The molecule has 3 aliphatic rings. The molecular weight excluding hydrogens is 376 g/mol. The van der Waals surface area contributed by atoms with Gasteiger partial charge in [-0.15, -0.1) is 0 Å². The van der Waals surface area contributed by atoms with Crippen molar-refractivity contribution in [2.75, 3.05) is 51.3 Å². The summed E-state index contributed by atoms with van der Waals surface area (Å²) in [4.78, 5) is 4.75. The molecule has 0 spiro atoms. The largest absolute Gasteiger partial charge is 0.495 e. The minimum atomic E-state index is -0.317. The summed E-state index contributed by atoms with van der Waals surface area (Å²) in [5.74, 6) is 1.73. The zero-order valence-electron chi connectivity index (χ0n) is 19.3. The van der Waals surface area contributed by atoms with Crippen LogP contribution in [0, 0.1) is 16.7 Å². The molecule has 1 aromatic rings. The van der Waals surface area contributed by atoms with Crippen molar-refractivity contribution in [2.24, 2.45) is 16.7 Å². The quantitative estimate of drug-likeness (QED) is 0.698. The van der Waals surface area contributed by atoms with Gasteiger partial charge < -0.3 is 19.5 Å². The Morgan fingerprint density at radius 2 is 1.87 bits per heavy atom. The maximum Gasteiger partial charge on any atom is 0.142 e. The maximum atomic E-state index is 10.6. The number of fused-ring (bicyclic) bond motifs is 2. The molecule has 5 nitrogen and oxygen atoms in total. The molecule has 1 saturated heterocycles. The molecule has 0 unspecified atom stereocenters. The first-order valence-corrected chi connectivity index (χ1v) is 11.7. The van der Waals surface area contributed by atoms with Gasteiger partial charge in [0.2, 0.25) is 0 Å². The zero-order chi connectivity index (χ0) is 21.4. The fourth-order valence-electron chi connectivity index (χ4n) is 6.18. The van der Waals surface area contributed by atoms with E-state index in [0.29, 0.717) is 23.5 Å². The molecule has 2 aliphatic carbocycles. The molecule has 1 aromatic carbocycles. The molecule has 4 atom stereocenters. The Bertz CT molecular complexity index is 716. The summed E-state index contributed by atoms with van der Waals surface area (Å²) in [7, 11) is 1.73. The lowest BCUT2D eigenvalue weighted by Crippen LogP contribution is -2.48. The molecule has 2 bridgehead atoms. The average molecular weight is 417 g/mol. The number of rotatable bonds is 8. The monoisotopic (exact) mass is 416 g/mol. The van der Waals surface area contributed by atoms with Gasteiger partial charge in [0.25, 0.3) is 0 Å². The van der Waals surface area contributed by atoms with Crippen molar-refractivity contribution >= 4 is 5.69 Å². The maximum absolute atomic E-state index is 10.6. The highest BCUT2D eigenvalue weighted by molar-refractivity contribution is 5.58. The minimum absolute atomic E-state index is 0.303. The van der Waals surface area contributed by atoms with Gasteiger partial charge >= 0.3 is 0 Å². The Balaban J connectivity index is 1.18. The molecule has 30 heavy (non-hydrogen) atoms. The van der Waals surface area contributed by atoms with Crippen LogP contribution in [0.5, 0.6) is 5.75 Å². The molecule has 0 aromatic heterocycles. The number of aliphatic hydroxyl groups is 1. The van der Waals surface area contributed by atoms with Crippen LogP contribution in [0.4, 0.5) is 5.69 Å². The van der Waals surface area contributed by atoms with Crippen LogP contribution in [0.15, 0.2) is 24.3 Å². The van der Waals surface area contributed by atoms with E-state index in [2.05, 4.69) is 42.7 Å². The van der Waals surface area contributed by atoms with Crippen LogP contribution in [0.2, 0.25) is 0 Å². The molecule has 0 amide bonds. The molecule has 168 valence electrons. The van der Waals surface area contributed by atoms with Crippen molar-refractivity contribution in [3.8, 4) is 5.75 Å². The van der Waals surface area contributed by atoms with E-state index in [-0.39, 0.29) is 6.10 Å². The van der Waals surface area contributed by atoms with Gasteiger partial charge in [0.1, 0.15) is 5.75 Å². The Morgan fingerprint density at radius 1 is 1.13 bits per heavy atom. The number of hydrogen-bond acceptors (Lipinski definition) is 5. The van der Waals surface area contributed by atoms with Gasteiger partial charge in [0, 0.05) is 39.3 Å². The van der Waals surface area contributed by atoms with Crippen LogP contribution in [0.3, 0.4) is 0 Å². The van der Waals surface area contributed by atoms with E-state index in [1.807, 2.05) is 12.1 Å². The number of ether oxygens (including phenoxy) is 2. The number of benzene rings is 1. The van der Waals surface area contributed by atoms with Crippen molar-refractivity contribution in [3.63, 3.8) is 0 Å². The Hall–Kier alpha value is -1.30. The predicted molar refractivity (Wildman–Crippen MR) is 121 cm³/mol. The highest BCUT2D eigenvalue weighted by Crippen LogP contribution is 2.66. The molecule has 4 rings (SSSR count). The predicted octanol–water partition coefficient (Wildman–Crippen LogP) is 3.80. The summed E-state index contributed by atoms with van der Waals surface area (Å²) in [6, 6.07) is 8.21. The van der Waals surface area contributed by atoms with Crippen LogP contribution < -0.4 is 9.64 Å². The second-order valence-corrected chi connectivity index (χ2v) is 10.4. The van der Waals surface area contributed by atoms with Crippen LogP contribution in [0.25, 0.3) is 0 Å². The molecule has 1 aliphatic heterocycles. The molecule has 1 N–H and O–H groups in total.